The van der Waals surface area contributed by atoms with Crippen molar-refractivity contribution in [2.45, 2.75) is 32.6 Å². The Kier molecular flexibility index (Phi) is 8.94. The minimum atomic E-state index is -0.0828. The molecule has 0 aliphatic carbocycles. The summed E-state index contributed by atoms with van der Waals surface area (Å²) >= 11 is 6.60. The summed E-state index contributed by atoms with van der Waals surface area (Å²) < 4.78 is 12.3. The van der Waals surface area contributed by atoms with Gasteiger partial charge >= 0.3 is 0 Å². The summed E-state index contributed by atoms with van der Waals surface area (Å²) in [7, 11) is 0. The Morgan fingerprint density at radius 1 is 1.12 bits per heavy atom. The molecule has 1 saturated heterocycles. The minimum absolute atomic E-state index is 0.0828. The SMILES string of the molecule is C=CCN1C(=O)C(=Cc2cccc(OCCCOc3ccc(C(C)CC)cc3)c2)SC1=S. The molecule has 3 rings (SSSR count). The molecule has 1 atom stereocenters. The van der Waals surface area contributed by atoms with Gasteiger partial charge in [-0.05, 0) is 53.8 Å². The molecule has 0 aromatic heterocycles. The van der Waals surface area contributed by atoms with E-state index in [9.17, 15) is 4.79 Å². The van der Waals surface area contributed by atoms with Crippen LogP contribution in [-0.2, 0) is 4.79 Å². The lowest BCUT2D eigenvalue weighted by Crippen LogP contribution is -2.27. The van der Waals surface area contributed by atoms with Crippen LogP contribution in [0.25, 0.3) is 6.08 Å². The van der Waals surface area contributed by atoms with Crippen LogP contribution in [0.3, 0.4) is 0 Å². The summed E-state index contributed by atoms with van der Waals surface area (Å²) in [5, 5.41) is 0. The van der Waals surface area contributed by atoms with E-state index in [4.69, 9.17) is 21.7 Å². The minimum Gasteiger partial charge on any atom is -0.493 e. The molecule has 1 heterocycles. The Hall–Kier alpha value is -2.57. The quantitative estimate of drug-likeness (QED) is 0.165. The first-order valence-corrected chi connectivity index (χ1v) is 12.1. The lowest BCUT2D eigenvalue weighted by Gasteiger charge is -2.11. The maximum atomic E-state index is 12.5. The highest BCUT2D eigenvalue weighted by atomic mass is 32.2. The van der Waals surface area contributed by atoms with Crippen molar-refractivity contribution in [1.82, 2.24) is 4.90 Å². The van der Waals surface area contributed by atoms with Gasteiger partial charge in [-0.3, -0.25) is 9.69 Å². The standard InChI is InChI=1S/C26H29NO3S2/c1-4-14-27-25(28)24(32-26(27)31)18-20-8-6-9-23(17-20)30-16-7-15-29-22-12-10-21(11-13-22)19(3)5-2/h4,6,8-13,17-19H,1,5,7,14-16H2,2-3H3. The molecule has 2 aromatic rings. The highest BCUT2D eigenvalue weighted by Gasteiger charge is 2.30. The molecule has 1 unspecified atom stereocenters. The monoisotopic (exact) mass is 467 g/mol. The van der Waals surface area contributed by atoms with Crippen LogP contribution in [-0.4, -0.2) is 34.9 Å². The number of thiocarbonyl (C=S) groups is 1. The fourth-order valence-corrected chi connectivity index (χ4v) is 4.47. The third-order valence-corrected chi connectivity index (χ3v) is 6.61. The number of benzene rings is 2. The van der Waals surface area contributed by atoms with Gasteiger partial charge < -0.3 is 9.47 Å². The smallest absolute Gasteiger partial charge is 0.266 e. The number of thioether (sulfide) groups is 1. The number of carbonyl (C=O) groups is 1. The van der Waals surface area contributed by atoms with Gasteiger partial charge in [-0.25, -0.2) is 0 Å². The first kappa shape index (κ1) is 24.1. The molecule has 2 aromatic carbocycles. The van der Waals surface area contributed by atoms with Gasteiger partial charge in [0.25, 0.3) is 5.91 Å². The van der Waals surface area contributed by atoms with E-state index in [1.165, 1.54) is 17.3 Å². The van der Waals surface area contributed by atoms with Gasteiger partial charge in [-0.1, -0.05) is 68.2 Å². The van der Waals surface area contributed by atoms with Crippen molar-refractivity contribution in [3.63, 3.8) is 0 Å². The van der Waals surface area contributed by atoms with Gasteiger partial charge in [0.15, 0.2) is 0 Å². The second-order valence-electron chi connectivity index (χ2n) is 7.58. The van der Waals surface area contributed by atoms with E-state index in [0.717, 1.165) is 29.9 Å². The lowest BCUT2D eigenvalue weighted by molar-refractivity contribution is -0.121. The molecule has 168 valence electrons. The number of nitrogens with zero attached hydrogens (tertiary/aromatic N) is 1. The average molecular weight is 468 g/mol. The summed E-state index contributed by atoms with van der Waals surface area (Å²) in [6.45, 7) is 9.67. The summed E-state index contributed by atoms with van der Waals surface area (Å²) in [5.74, 6) is 2.13. The van der Waals surface area contributed by atoms with E-state index in [1.807, 2.05) is 42.5 Å². The van der Waals surface area contributed by atoms with Gasteiger partial charge in [-0.2, -0.15) is 0 Å². The van der Waals surface area contributed by atoms with Gasteiger partial charge in [0, 0.05) is 13.0 Å². The lowest BCUT2D eigenvalue weighted by atomic mass is 9.99. The third-order valence-electron chi connectivity index (χ3n) is 5.23. The molecule has 0 saturated carbocycles. The predicted molar refractivity (Wildman–Crippen MR) is 137 cm³/mol. The molecule has 1 aliphatic heterocycles. The van der Waals surface area contributed by atoms with Crippen LogP contribution in [0.4, 0.5) is 0 Å². The fourth-order valence-electron chi connectivity index (χ4n) is 3.20. The maximum absolute atomic E-state index is 12.5. The molecule has 0 spiro atoms. The van der Waals surface area contributed by atoms with Crippen molar-refractivity contribution in [3.05, 3.63) is 77.2 Å². The number of hydrogen-bond donors (Lipinski definition) is 0. The van der Waals surface area contributed by atoms with Gasteiger partial charge in [-0.15, -0.1) is 6.58 Å². The zero-order valence-corrected chi connectivity index (χ0v) is 20.2. The molecule has 0 bridgehead atoms. The topological polar surface area (TPSA) is 38.8 Å². The van der Waals surface area contributed by atoms with E-state index >= 15 is 0 Å². The molecule has 1 aliphatic rings. The number of carbonyl (C=O) groups excluding carboxylic acids is 1. The second-order valence-corrected chi connectivity index (χ2v) is 9.26. The van der Waals surface area contributed by atoms with Crippen LogP contribution in [0, 0.1) is 0 Å². The molecule has 1 amide bonds. The van der Waals surface area contributed by atoms with E-state index in [1.54, 1.807) is 11.0 Å². The number of amides is 1. The third kappa shape index (κ3) is 6.47. The van der Waals surface area contributed by atoms with Gasteiger partial charge in [0.05, 0.1) is 18.1 Å². The Morgan fingerprint density at radius 2 is 1.84 bits per heavy atom. The first-order valence-electron chi connectivity index (χ1n) is 10.8. The highest BCUT2D eigenvalue weighted by Crippen LogP contribution is 2.32. The van der Waals surface area contributed by atoms with E-state index in [0.29, 0.717) is 34.9 Å². The fraction of sp³-hybridized carbons (Fsp3) is 0.308. The summed E-state index contributed by atoms with van der Waals surface area (Å²) in [4.78, 5) is 14.6. The Balaban J connectivity index is 1.47. The molecule has 6 heteroatoms. The predicted octanol–water partition coefficient (Wildman–Crippen LogP) is 6.44. The van der Waals surface area contributed by atoms with Crippen molar-refractivity contribution in [2.75, 3.05) is 19.8 Å². The Bertz CT molecular complexity index is 985. The normalized spacial score (nSPS) is 15.8. The number of hydrogen-bond acceptors (Lipinski definition) is 5. The van der Waals surface area contributed by atoms with Gasteiger partial charge in [0.2, 0.25) is 0 Å². The van der Waals surface area contributed by atoms with E-state index < -0.39 is 0 Å². The highest BCUT2D eigenvalue weighted by molar-refractivity contribution is 8.26. The van der Waals surface area contributed by atoms with Crippen LogP contribution in [0.1, 0.15) is 43.7 Å². The summed E-state index contributed by atoms with van der Waals surface area (Å²) in [5.41, 5.74) is 2.24. The van der Waals surface area contributed by atoms with E-state index in [-0.39, 0.29) is 5.91 Å². The second kappa shape index (κ2) is 11.9. The van der Waals surface area contributed by atoms with Crippen molar-refractivity contribution >= 4 is 40.3 Å². The maximum Gasteiger partial charge on any atom is 0.266 e. The number of rotatable bonds is 11. The van der Waals surface area contributed by atoms with Crippen LogP contribution in [0.2, 0.25) is 0 Å². The molecule has 4 nitrogen and oxygen atoms in total. The molecule has 1 fully saturated rings. The van der Waals surface area contributed by atoms with Crippen LogP contribution in [0.5, 0.6) is 11.5 Å². The van der Waals surface area contributed by atoms with Crippen molar-refractivity contribution in [1.29, 1.82) is 0 Å². The van der Waals surface area contributed by atoms with Crippen LogP contribution in [0.15, 0.2) is 66.1 Å². The van der Waals surface area contributed by atoms with E-state index in [2.05, 4.69) is 32.6 Å². The Morgan fingerprint density at radius 3 is 2.53 bits per heavy atom. The first-order chi connectivity index (χ1) is 15.5. The summed E-state index contributed by atoms with van der Waals surface area (Å²) in [6.07, 6.45) is 5.43. The molecular weight excluding hydrogens is 438 g/mol. The van der Waals surface area contributed by atoms with Gasteiger partial charge in [0.1, 0.15) is 15.8 Å². The van der Waals surface area contributed by atoms with Crippen LogP contribution >= 0.6 is 24.0 Å². The average Bonchev–Trinajstić information content (AvgIpc) is 3.06. The number of ether oxygens (including phenoxy) is 2. The zero-order valence-electron chi connectivity index (χ0n) is 18.6. The largest absolute Gasteiger partial charge is 0.493 e. The van der Waals surface area contributed by atoms with Crippen molar-refractivity contribution in [2.24, 2.45) is 0 Å². The van der Waals surface area contributed by atoms with Crippen LogP contribution < -0.4 is 9.47 Å². The zero-order chi connectivity index (χ0) is 22.9. The molecule has 32 heavy (non-hydrogen) atoms. The van der Waals surface area contributed by atoms with Crippen molar-refractivity contribution in [3.8, 4) is 11.5 Å². The van der Waals surface area contributed by atoms with Crippen molar-refractivity contribution < 1.29 is 14.3 Å². The molecular formula is C26H29NO3S2. The molecule has 0 N–H and O–H groups in total. The molecule has 0 radical (unpaired) electrons. The summed E-state index contributed by atoms with van der Waals surface area (Å²) in [6, 6.07) is 16.0. The Labute approximate surface area is 200 Å².